The standard InChI is InChI=1S/C15H18N2O2S/c1-9-4-14(20-10(9)2)8-17-15(18)11-5-12(16)7-13(6-11)19-3/h4-7H,8,16H2,1-3H3,(H,17,18). The fourth-order valence-corrected chi connectivity index (χ4v) is 2.87. The molecule has 1 heterocycles. The lowest BCUT2D eigenvalue weighted by atomic mass is 10.1. The van der Waals surface area contributed by atoms with E-state index >= 15 is 0 Å². The van der Waals surface area contributed by atoms with Gasteiger partial charge in [-0.3, -0.25) is 4.79 Å². The summed E-state index contributed by atoms with van der Waals surface area (Å²) in [6, 6.07) is 7.10. The van der Waals surface area contributed by atoms with Gasteiger partial charge in [-0.25, -0.2) is 0 Å². The highest BCUT2D eigenvalue weighted by Gasteiger charge is 2.09. The molecule has 0 aliphatic rings. The molecular formula is C15H18N2O2S. The molecule has 0 spiro atoms. The smallest absolute Gasteiger partial charge is 0.251 e. The van der Waals surface area contributed by atoms with E-state index in [4.69, 9.17) is 10.5 Å². The van der Waals surface area contributed by atoms with Gasteiger partial charge in [0, 0.05) is 27.1 Å². The number of amides is 1. The predicted molar refractivity (Wildman–Crippen MR) is 82.4 cm³/mol. The molecule has 0 bridgehead atoms. The normalized spacial score (nSPS) is 10.3. The number of nitrogen functional groups attached to an aromatic ring is 1. The molecule has 20 heavy (non-hydrogen) atoms. The molecule has 0 aliphatic heterocycles. The lowest BCUT2D eigenvalue weighted by Gasteiger charge is -2.07. The largest absolute Gasteiger partial charge is 0.497 e. The molecule has 0 unspecified atom stereocenters. The topological polar surface area (TPSA) is 64.3 Å². The van der Waals surface area contributed by atoms with E-state index < -0.39 is 0 Å². The van der Waals surface area contributed by atoms with E-state index in [-0.39, 0.29) is 5.91 Å². The van der Waals surface area contributed by atoms with E-state index in [9.17, 15) is 4.79 Å². The number of hydrogen-bond donors (Lipinski definition) is 2. The zero-order valence-corrected chi connectivity index (χ0v) is 12.6. The number of carbonyl (C=O) groups is 1. The first-order valence-corrected chi connectivity index (χ1v) is 7.10. The summed E-state index contributed by atoms with van der Waals surface area (Å²) in [6.45, 7) is 4.67. The van der Waals surface area contributed by atoms with E-state index in [1.54, 1.807) is 36.6 Å². The molecule has 0 atom stereocenters. The molecule has 4 nitrogen and oxygen atoms in total. The van der Waals surface area contributed by atoms with Crippen molar-refractivity contribution in [1.29, 1.82) is 0 Å². The van der Waals surface area contributed by atoms with Crippen LogP contribution in [0.2, 0.25) is 0 Å². The third-order valence-electron chi connectivity index (χ3n) is 3.07. The second kappa shape index (κ2) is 5.96. The summed E-state index contributed by atoms with van der Waals surface area (Å²) in [4.78, 5) is 14.5. The van der Waals surface area contributed by atoms with E-state index in [2.05, 4.69) is 25.2 Å². The van der Waals surface area contributed by atoms with E-state index in [1.807, 2.05) is 0 Å². The van der Waals surface area contributed by atoms with Crippen LogP contribution in [-0.4, -0.2) is 13.0 Å². The van der Waals surface area contributed by atoms with Crippen molar-refractivity contribution in [2.45, 2.75) is 20.4 Å². The van der Waals surface area contributed by atoms with Crippen molar-refractivity contribution < 1.29 is 9.53 Å². The van der Waals surface area contributed by atoms with Crippen LogP contribution in [0.4, 0.5) is 5.69 Å². The fraction of sp³-hybridized carbons (Fsp3) is 0.267. The minimum Gasteiger partial charge on any atom is -0.497 e. The highest BCUT2D eigenvalue weighted by Crippen LogP contribution is 2.21. The van der Waals surface area contributed by atoms with Gasteiger partial charge in [0.05, 0.1) is 13.7 Å². The second-order valence-electron chi connectivity index (χ2n) is 4.63. The minimum atomic E-state index is -0.153. The molecule has 0 saturated carbocycles. The third kappa shape index (κ3) is 3.30. The van der Waals surface area contributed by atoms with Gasteiger partial charge >= 0.3 is 0 Å². The molecule has 0 aliphatic carbocycles. The Labute approximate surface area is 122 Å². The maximum atomic E-state index is 12.1. The number of methoxy groups -OCH3 is 1. The first kappa shape index (κ1) is 14.4. The summed E-state index contributed by atoms with van der Waals surface area (Å²) >= 11 is 1.70. The van der Waals surface area contributed by atoms with Crippen molar-refractivity contribution in [1.82, 2.24) is 5.32 Å². The van der Waals surface area contributed by atoms with E-state index in [0.29, 0.717) is 23.5 Å². The summed E-state index contributed by atoms with van der Waals surface area (Å²) in [6.07, 6.45) is 0. The maximum Gasteiger partial charge on any atom is 0.251 e. The Morgan fingerprint density at radius 1 is 1.30 bits per heavy atom. The molecule has 1 aromatic heterocycles. The average Bonchev–Trinajstić information content (AvgIpc) is 2.74. The molecule has 106 valence electrons. The molecular weight excluding hydrogens is 272 g/mol. The van der Waals surface area contributed by atoms with Crippen LogP contribution in [0, 0.1) is 13.8 Å². The lowest BCUT2D eigenvalue weighted by molar-refractivity contribution is 0.0951. The van der Waals surface area contributed by atoms with Crippen molar-refractivity contribution in [3.8, 4) is 5.75 Å². The number of ether oxygens (including phenoxy) is 1. The Hall–Kier alpha value is -2.01. The molecule has 0 radical (unpaired) electrons. The van der Waals surface area contributed by atoms with Crippen LogP contribution in [-0.2, 0) is 6.54 Å². The number of nitrogens with two attached hydrogens (primary N) is 1. The maximum absolute atomic E-state index is 12.1. The van der Waals surface area contributed by atoms with Crippen LogP contribution in [0.25, 0.3) is 0 Å². The Balaban J connectivity index is 2.06. The molecule has 5 heteroatoms. The van der Waals surface area contributed by atoms with Gasteiger partial charge in [0.2, 0.25) is 0 Å². The Morgan fingerprint density at radius 3 is 2.65 bits per heavy atom. The Morgan fingerprint density at radius 2 is 2.05 bits per heavy atom. The van der Waals surface area contributed by atoms with E-state index in [1.165, 1.54) is 10.4 Å². The molecule has 1 aromatic carbocycles. The number of thiophene rings is 1. The van der Waals surface area contributed by atoms with Crippen LogP contribution < -0.4 is 15.8 Å². The lowest BCUT2D eigenvalue weighted by Crippen LogP contribution is -2.22. The molecule has 0 saturated heterocycles. The average molecular weight is 290 g/mol. The number of carbonyl (C=O) groups excluding carboxylic acids is 1. The van der Waals surface area contributed by atoms with E-state index in [0.717, 1.165) is 4.88 Å². The number of hydrogen-bond acceptors (Lipinski definition) is 4. The number of rotatable bonds is 4. The predicted octanol–water partition coefficient (Wildman–Crippen LogP) is 2.89. The zero-order chi connectivity index (χ0) is 14.7. The van der Waals surface area contributed by atoms with Crippen molar-refractivity contribution >= 4 is 22.9 Å². The molecule has 2 aromatic rings. The van der Waals surface area contributed by atoms with Gasteiger partial charge in [0.15, 0.2) is 0 Å². The SMILES string of the molecule is COc1cc(N)cc(C(=O)NCc2cc(C)c(C)s2)c1. The van der Waals surface area contributed by atoms with Gasteiger partial charge in [-0.15, -0.1) is 11.3 Å². The first-order valence-electron chi connectivity index (χ1n) is 6.28. The summed E-state index contributed by atoms with van der Waals surface area (Å²) in [5, 5.41) is 2.89. The Kier molecular flexibility index (Phi) is 4.29. The van der Waals surface area contributed by atoms with Crippen LogP contribution in [0.1, 0.15) is 25.7 Å². The quantitative estimate of drug-likeness (QED) is 0.851. The molecule has 3 N–H and O–H groups in total. The second-order valence-corrected chi connectivity index (χ2v) is 5.97. The van der Waals surface area contributed by atoms with Gasteiger partial charge in [-0.2, -0.15) is 0 Å². The van der Waals surface area contributed by atoms with Crippen molar-refractivity contribution in [3.05, 3.63) is 45.1 Å². The number of anilines is 1. The van der Waals surface area contributed by atoms with Crippen LogP contribution in [0.3, 0.4) is 0 Å². The summed E-state index contributed by atoms with van der Waals surface area (Å²) in [5.41, 5.74) is 8.02. The zero-order valence-electron chi connectivity index (χ0n) is 11.8. The van der Waals surface area contributed by atoms with Crippen LogP contribution >= 0.6 is 11.3 Å². The fourth-order valence-electron chi connectivity index (χ4n) is 1.88. The monoisotopic (exact) mass is 290 g/mol. The van der Waals surface area contributed by atoms with Crippen molar-refractivity contribution in [2.75, 3.05) is 12.8 Å². The number of nitrogens with one attached hydrogen (secondary N) is 1. The van der Waals surface area contributed by atoms with Gasteiger partial charge in [-0.1, -0.05) is 0 Å². The van der Waals surface area contributed by atoms with Gasteiger partial charge in [-0.05, 0) is 37.6 Å². The molecule has 1 amide bonds. The van der Waals surface area contributed by atoms with Crippen molar-refractivity contribution in [3.63, 3.8) is 0 Å². The Bertz CT molecular complexity index is 615. The first-order chi connectivity index (χ1) is 9.49. The highest BCUT2D eigenvalue weighted by molar-refractivity contribution is 7.12. The minimum absolute atomic E-state index is 0.153. The molecule has 0 fully saturated rings. The van der Waals surface area contributed by atoms with Gasteiger partial charge in [0.25, 0.3) is 5.91 Å². The number of benzene rings is 1. The van der Waals surface area contributed by atoms with Gasteiger partial charge < -0.3 is 15.8 Å². The third-order valence-corrected chi connectivity index (χ3v) is 4.22. The summed E-state index contributed by atoms with van der Waals surface area (Å²) in [7, 11) is 1.55. The van der Waals surface area contributed by atoms with Gasteiger partial charge in [0.1, 0.15) is 5.75 Å². The van der Waals surface area contributed by atoms with Crippen LogP contribution in [0.5, 0.6) is 5.75 Å². The summed E-state index contributed by atoms with van der Waals surface area (Å²) in [5.74, 6) is 0.428. The number of aryl methyl sites for hydroxylation is 2. The van der Waals surface area contributed by atoms with Crippen LogP contribution in [0.15, 0.2) is 24.3 Å². The summed E-state index contributed by atoms with van der Waals surface area (Å²) < 4.78 is 5.11. The van der Waals surface area contributed by atoms with Crippen molar-refractivity contribution in [2.24, 2.45) is 0 Å². The highest BCUT2D eigenvalue weighted by atomic mass is 32.1. The molecule has 2 rings (SSSR count).